The molecule has 1 amide bonds. The maximum absolute atomic E-state index is 12.9. The van der Waals surface area contributed by atoms with E-state index in [0.29, 0.717) is 18.8 Å². The number of esters is 1. The zero-order chi connectivity index (χ0) is 28.7. The van der Waals surface area contributed by atoms with Gasteiger partial charge in [0.05, 0.1) is 6.04 Å². The van der Waals surface area contributed by atoms with Gasteiger partial charge in [0.25, 0.3) is 0 Å². The van der Waals surface area contributed by atoms with Gasteiger partial charge in [0.2, 0.25) is 12.2 Å². The summed E-state index contributed by atoms with van der Waals surface area (Å²) in [6, 6.07) is -0.560. The Morgan fingerprint density at radius 2 is 1.60 bits per heavy atom. The first-order chi connectivity index (χ1) is 19.3. The largest absolute Gasteiger partial charge is 0.433 e. The molecule has 224 valence electrons. The number of hydrogen-bond acceptors (Lipinski definition) is 7. The highest BCUT2D eigenvalue weighted by atomic mass is 16.8. The highest BCUT2D eigenvalue weighted by Crippen LogP contribution is 2.57. The number of nitrogens with one attached hydrogen (secondary N) is 1. The molecule has 1 spiro atoms. The second kappa shape index (κ2) is 14.2. The fraction of sp³-hybridized carbons (Fsp3) is 0.781. The minimum Gasteiger partial charge on any atom is -0.433 e. The first kappa shape index (κ1) is 30.9. The van der Waals surface area contributed by atoms with Crippen LogP contribution in [0.3, 0.4) is 0 Å². The minimum absolute atomic E-state index is 0.0434. The van der Waals surface area contributed by atoms with E-state index in [1.807, 2.05) is 13.0 Å². The molecule has 4 rings (SSSR count). The Kier molecular flexibility index (Phi) is 11.0. The van der Waals surface area contributed by atoms with Crippen LogP contribution in [0.2, 0.25) is 0 Å². The SMILES string of the molecule is CCCCCCCCC(=O)OC1OC2(CC1NC(=O)/C=C/C(C)=C\C(C)CCCCCC)C1OC1C(=O)C1OC12. The number of ketones is 1. The van der Waals surface area contributed by atoms with Crippen molar-refractivity contribution in [2.45, 2.75) is 154 Å². The number of hydrogen-bond donors (Lipinski definition) is 1. The first-order valence-electron chi connectivity index (χ1n) is 15.7. The van der Waals surface area contributed by atoms with Crippen molar-refractivity contribution in [1.82, 2.24) is 5.32 Å². The number of carbonyl (C=O) groups excluding carboxylic acids is 3. The molecule has 8 nitrogen and oxygen atoms in total. The molecule has 3 aliphatic heterocycles. The molecule has 4 fully saturated rings. The van der Waals surface area contributed by atoms with E-state index in [-0.39, 0.29) is 17.7 Å². The highest BCUT2D eigenvalue weighted by molar-refractivity contribution is 5.95. The van der Waals surface area contributed by atoms with Crippen molar-refractivity contribution in [3.8, 4) is 0 Å². The molecule has 0 aromatic heterocycles. The fourth-order valence-electron chi connectivity index (χ4n) is 6.26. The van der Waals surface area contributed by atoms with Crippen molar-refractivity contribution < 1.29 is 33.3 Å². The van der Waals surface area contributed by atoms with Crippen molar-refractivity contribution in [3.63, 3.8) is 0 Å². The summed E-state index contributed by atoms with van der Waals surface area (Å²) in [5, 5.41) is 2.99. The van der Waals surface area contributed by atoms with Crippen molar-refractivity contribution in [2.75, 3.05) is 0 Å². The topological polar surface area (TPSA) is 107 Å². The quantitative estimate of drug-likeness (QED) is 0.0827. The summed E-state index contributed by atoms with van der Waals surface area (Å²) < 4.78 is 23.4. The molecule has 8 heteroatoms. The molecule has 1 aliphatic carbocycles. The Hall–Kier alpha value is -2.03. The van der Waals surface area contributed by atoms with Gasteiger partial charge in [-0.3, -0.25) is 14.4 Å². The van der Waals surface area contributed by atoms with Gasteiger partial charge in [-0.1, -0.05) is 96.3 Å². The molecular formula is C32H49NO7. The van der Waals surface area contributed by atoms with Crippen molar-refractivity contribution in [1.29, 1.82) is 0 Å². The smallest absolute Gasteiger partial charge is 0.308 e. The summed E-state index contributed by atoms with van der Waals surface area (Å²) in [5.41, 5.74) is 0.146. The zero-order valence-electron chi connectivity index (χ0n) is 24.8. The molecule has 0 radical (unpaired) electrons. The lowest BCUT2D eigenvalue weighted by Crippen LogP contribution is -2.49. The Morgan fingerprint density at radius 3 is 2.27 bits per heavy atom. The summed E-state index contributed by atoms with van der Waals surface area (Å²) in [7, 11) is 0. The summed E-state index contributed by atoms with van der Waals surface area (Å²) in [5.74, 6) is -0.208. The van der Waals surface area contributed by atoms with Gasteiger partial charge in [-0.2, -0.15) is 0 Å². The molecule has 0 aromatic rings. The molecule has 1 saturated carbocycles. The van der Waals surface area contributed by atoms with Gasteiger partial charge in [0.1, 0.15) is 30.0 Å². The number of rotatable bonds is 17. The third kappa shape index (κ3) is 7.83. The van der Waals surface area contributed by atoms with Gasteiger partial charge in [-0.05, 0) is 25.7 Å². The first-order valence-corrected chi connectivity index (χ1v) is 15.7. The molecule has 0 aromatic carbocycles. The van der Waals surface area contributed by atoms with E-state index < -0.39 is 42.3 Å². The average molecular weight is 560 g/mol. The maximum atomic E-state index is 12.9. The van der Waals surface area contributed by atoms with Crippen LogP contribution in [-0.2, 0) is 33.3 Å². The van der Waals surface area contributed by atoms with Crippen LogP contribution in [0, 0.1) is 5.92 Å². The molecule has 3 heterocycles. The Morgan fingerprint density at radius 1 is 0.975 bits per heavy atom. The number of epoxide rings is 2. The summed E-state index contributed by atoms with van der Waals surface area (Å²) >= 11 is 0. The van der Waals surface area contributed by atoms with E-state index in [4.69, 9.17) is 18.9 Å². The van der Waals surface area contributed by atoms with Gasteiger partial charge in [-0.15, -0.1) is 0 Å². The number of amides is 1. The van der Waals surface area contributed by atoms with Gasteiger partial charge in [0.15, 0.2) is 5.78 Å². The van der Waals surface area contributed by atoms with Crippen LogP contribution in [-0.4, -0.2) is 60.0 Å². The van der Waals surface area contributed by atoms with Crippen molar-refractivity contribution in [2.24, 2.45) is 5.92 Å². The number of unbranched alkanes of at least 4 members (excludes halogenated alkanes) is 8. The predicted octanol–water partition coefficient (Wildman–Crippen LogP) is 5.48. The third-order valence-corrected chi connectivity index (χ3v) is 8.58. The van der Waals surface area contributed by atoms with Crippen LogP contribution in [0.15, 0.2) is 23.8 Å². The lowest BCUT2D eigenvalue weighted by molar-refractivity contribution is -0.197. The molecular weight excluding hydrogens is 510 g/mol. The molecule has 7 unspecified atom stereocenters. The van der Waals surface area contributed by atoms with Crippen LogP contribution in [0.25, 0.3) is 0 Å². The van der Waals surface area contributed by atoms with E-state index in [2.05, 4.69) is 32.2 Å². The second-order valence-corrected chi connectivity index (χ2v) is 12.2. The lowest BCUT2D eigenvalue weighted by Gasteiger charge is -2.27. The Labute approximate surface area is 239 Å². The molecule has 7 atom stereocenters. The van der Waals surface area contributed by atoms with Crippen LogP contribution in [0.1, 0.15) is 111 Å². The van der Waals surface area contributed by atoms with Gasteiger partial charge >= 0.3 is 5.97 Å². The van der Waals surface area contributed by atoms with Gasteiger partial charge < -0.3 is 24.3 Å². The van der Waals surface area contributed by atoms with Gasteiger partial charge in [0, 0.05) is 18.9 Å². The average Bonchev–Trinajstić information content (AvgIpc) is 3.84. The number of carbonyl (C=O) groups is 3. The summed E-state index contributed by atoms with van der Waals surface area (Å²) in [4.78, 5) is 38.0. The Balaban J connectivity index is 1.32. The lowest BCUT2D eigenvalue weighted by atomic mass is 9.81. The van der Waals surface area contributed by atoms with E-state index in [1.54, 1.807) is 0 Å². The highest BCUT2D eigenvalue weighted by Gasteiger charge is 2.79. The van der Waals surface area contributed by atoms with Crippen LogP contribution < -0.4 is 5.32 Å². The van der Waals surface area contributed by atoms with E-state index in [1.165, 1.54) is 51.0 Å². The molecule has 1 N–H and O–H groups in total. The van der Waals surface area contributed by atoms with E-state index in [9.17, 15) is 14.4 Å². The molecule has 4 aliphatic rings. The standard InChI is InChI=1S/C32H49NO7/c1-5-7-9-11-12-14-16-25(35)37-31-23(20-32(40-31)29-27(38-29)26(36)28-30(32)39-28)33-24(34)18-17-22(4)19-21(3)15-13-10-8-6-2/h17-19,21,23,27-31H,5-16,20H2,1-4H3,(H,33,34)/b18-17+,22-19-. The number of ether oxygens (including phenoxy) is 4. The van der Waals surface area contributed by atoms with E-state index >= 15 is 0 Å². The second-order valence-electron chi connectivity index (χ2n) is 12.2. The summed E-state index contributed by atoms with van der Waals surface area (Å²) in [6.07, 6.45) is 15.9. The zero-order valence-corrected chi connectivity index (χ0v) is 24.8. The van der Waals surface area contributed by atoms with Crippen LogP contribution >= 0.6 is 0 Å². The minimum atomic E-state index is -0.951. The fourth-order valence-corrected chi connectivity index (χ4v) is 6.26. The van der Waals surface area contributed by atoms with Crippen LogP contribution in [0.4, 0.5) is 0 Å². The summed E-state index contributed by atoms with van der Waals surface area (Å²) in [6.45, 7) is 8.60. The number of Topliss-reactive ketones (excluding diaryl/α,β-unsaturated/α-hetero) is 1. The monoisotopic (exact) mass is 559 g/mol. The van der Waals surface area contributed by atoms with Crippen molar-refractivity contribution >= 4 is 17.7 Å². The number of allylic oxidation sites excluding steroid dienone is 3. The normalized spacial score (nSPS) is 33.1. The molecule has 40 heavy (non-hydrogen) atoms. The van der Waals surface area contributed by atoms with Crippen molar-refractivity contribution in [3.05, 3.63) is 23.8 Å². The molecule has 0 bridgehead atoms. The van der Waals surface area contributed by atoms with Gasteiger partial charge in [-0.25, -0.2) is 0 Å². The van der Waals surface area contributed by atoms with Crippen LogP contribution in [0.5, 0.6) is 0 Å². The Bertz CT molecular complexity index is 939. The third-order valence-electron chi connectivity index (χ3n) is 8.58. The molecule has 3 saturated heterocycles. The number of fused-ring (bicyclic) bond motifs is 4. The van der Waals surface area contributed by atoms with E-state index in [0.717, 1.165) is 31.3 Å². The maximum Gasteiger partial charge on any atom is 0.308 e. The predicted molar refractivity (Wildman–Crippen MR) is 151 cm³/mol.